The van der Waals surface area contributed by atoms with Crippen molar-refractivity contribution >= 4 is 23.3 Å². The number of carbonyl (C=O) groups is 1. The van der Waals surface area contributed by atoms with Crippen LogP contribution in [0.5, 0.6) is 0 Å². The second kappa shape index (κ2) is 6.29. The zero-order valence-corrected chi connectivity index (χ0v) is 12.4. The van der Waals surface area contributed by atoms with Gasteiger partial charge in [0.05, 0.1) is 11.9 Å². The Labute approximate surface area is 123 Å². The van der Waals surface area contributed by atoms with Crippen molar-refractivity contribution in [3.05, 3.63) is 54.1 Å². The molecule has 1 aromatic rings. The third kappa shape index (κ3) is 2.81. The minimum absolute atomic E-state index is 0.588. The van der Waals surface area contributed by atoms with Crippen molar-refractivity contribution in [1.29, 1.82) is 0 Å². The van der Waals surface area contributed by atoms with Gasteiger partial charge in [0.2, 0.25) is 0 Å². The molecule has 0 fully saturated rings. The fourth-order valence-corrected chi connectivity index (χ4v) is 3.03. The van der Waals surface area contributed by atoms with Gasteiger partial charge in [-0.3, -0.25) is 0 Å². The number of hydrogen-bond acceptors (Lipinski definition) is 4. The molecule has 20 heavy (non-hydrogen) atoms. The maximum Gasteiger partial charge on any atom is 0.336 e. The number of esters is 1. The Morgan fingerprint density at radius 1 is 1.40 bits per heavy atom. The van der Waals surface area contributed by atoms with Crippen molar-refractivity contribution < 1.29 is 14.6 Å². The van der Waals surface area contributed by atoms with Crippen molar-refractivity contribution in [1.82, 2.24) is 0 Å². The molecule has 2 atom stereocenters. The predicted octanol–water partition coefficient (Wildman–Crippen LogP) is 2.67. The number of hydrogen-bond donors (Lipinski definition) is 1. The smallest absolute Gasteiger partial charge is 0.336 e. The van der Waals surface area contributed by atoms with Crippen LogP contribution >= 0.6 is 11.8 Å². The quantitative estimate of drug-likeness (QED) is 0.866. The predicted molar refractivity (Wildman–Crippen MR) is 82.4 cm³/mol. The molecule has 106 valence electrons. The summed E-state index contributed by atoms with van der Waals surface area (Å²) in [6, 6.07) is 10.0. The number of benzene rings is 1. The van der Waals surface area contributed by atoms with E-state index in [1.165, 1.54) is 18.9 Å². The lowest BCUT2D eigenvalue weighted by atomic mass is 9.88. The van der Waals surface area contributed by atoms with E-state index in [2.05, 4.69) is 10.8 Å². The van der Waals surface area contributed by atoms with Gasteiger partial charge in [0, 0.05) is 0 Å². The molecule has 0 aliphatic heterocycles. The van der Waals surface area contributed by atoms with E-state index in [1.807, 2.05) is 48.7 Å². The number of ether oxygens (including phenoxy) is 1. The minimum Gasteiger partial charge on any atom is -0.467 e. The van der Waals surface area contributed by atoms with E-state index in [4.69, 9.17) is 0 Å². The molecule has 0 amide bonds. The number of aliphatic hydroxyl groups is 1. The molecule has 0 radical (unpaired) electrons. The monoisotopic (exact) mass is 290 g/mol. The van der Waals surface area contributed by atoms with Crippen LogP contribution in [0.15, 0.2) is 48.6 Å². The lowest BCUT2D eigenvalue weighted by molar-refractivity contribution is -0.151. The summed E-state index contributed by atoms with van der Waals surface area (Å²) < 4.78 is 4.00. The maximum atomic E-state index is 11.6. The zero-order chi connectivity index (χ0) is 14.6. The highest BCUT2D eigenvalue weighted by molar-refractivity contribution is 8.00. The molecular formula is C16H18O3S. The van der Waals surface area contributed by atoms with Gasteiger partial charge < -0.3 is 9.84 Å². The minimum atomic E-state index is -1.16. The first kappa shape index (κ1) is 14.9. The van der Waals surface area contributed by atoms with Crippen molar-refractivity contribution in [3.8, 4) is 0 Å². The average molecular weight is 290 g/mol. The lowest BCUT2D eigenvalue weighted by Gasteiger charge is -2.33. The third-order valence-electron chi connectivity index (χ3n) is 3.56. The van der Waals surface area contributed by atoms with Crippen LogP contribution in [0.3, 0.4) is 0 Å². The van der Waals surface area contributed by atoms with Crippen molar-refractivity contribution in [2.24, 2.45) is 0 Å². The van der Waals surface area contributed by atoms with E-state index in [0.29, 0.717) is 6.42 Å². The fraction of sp³-hybridized carbons (Fsp3) is 0.312. The fourth-order valence-electron chi connectivity index (χ4n) is 2.26. The number of allylic oxidation sites excluding steroid dienone is 3. The summed E-state index contributed by atoms with van der Waals surface area (Å²) in [4.78, 5) is 11.6. The molecule has 2 unspecified atom stereocenters. The second-order valence-electron chi connectivity index (χ2n) is 4.65. The van der Waals surface area contributed by atoms with Crippen LogP contribution in [-0.4, -0.2) is 35.3 Å². The summed E-state index contributed by atoms with van der Waals surface area (Å²) in [6.07, 6.45) is 7.23. The van der Waals surface area contributed by atoms with Crippen molar-refractivity contribution in [3.63, 3.8) is 0 Å². The topological polar surface area (TPSA) is 46.5 Å². The summed E-state index contributed by atoms with van der Waals surface area (Å²) in [6.45, 7) is 0. The molecule has 2 rings (SSSR count). The van der Waals surface area contributed by atoms with Crippen LogP contribution in [0, 0.1) is 0 Å². The van der Waals surface area contributed by atoms with E-state index in [-0.39, 0.29) is 0 Å². The van der Waals surface area contributed by atoms with E-state index in [1.54, 1.807) is 0 Å². The molecule has 0 spiro atoms. The molecule has 0 saturated heterocycles. The number of carbonyl (C=O) groups excluding carboxylic acids is 1. The highest BCUT2D eigenvalue weighted by atomic mass is 32.2. The number of methoxy groups -OCH3 is 1. The summed E-state index contributed by atoms with van der Waals surface area (Å²) in [5, 5.41) is 10.2. The Morgan fingerprint density at radius 3 is 2.60 bits per heavy atom. The Morgan fingerprint density at radius 2 is 2.10 bits per heavy atom. The highest BCUT2D eigenvalue weighted by Gasteiger charge is 2.40. The van der Waals surface area contributed by atoms with Gasteiger partial charge in [-0.2, -0.15) is 11.8 Å². The van der Waals surface area contributed by atoms with Crippen LogP contribution < -0.4 is 0 Å². The third-order valence-corrected chi connectivity index (χ3v) is 4.85. The summed E-state index contributed by atoms with van der Waals surface area (Å²) in [7, 11) is 1.29. The maximum absolute atomic E-state index is 11.6. The second-order valence-corrected chi connectivity index (χ2v) is 5.82. The van der Waals surface area contributed by atoms with Crippen LogP contribution in [0.25, 0.3) is 5.57 Å². The van der Waals surface area contributed by atoms with Gasteiger partial charge >= 0.3 is 5.97 Å². The molecule has 0 heterocycles. The van der Waals surface area contributed by atoms with E-state index in [0.717, 1.165) is 11.1 Å². The molecule has 1 N–H and O–H groups in total. The Hall–Kier alpha value is -1.52. The molecular weight excluding hydrogens is 272 g/mol. The van der Waals surface area contributed by atoms with Gasteiger partial charge in [-0.25, -0.2) is 4.79 Å². The largest absolute Gasteiger partial charge is 0.467 e. The first-order valence-corrected chi connectivity index (χ1v) is 7.61. The Bertz CT molecular complexity index is 536. The molecule has 1 aromatic carbocycles. The molecule has 1 aliphatic carbocycles. The normalized spacial score (nSPS) is 23.1. The van der Waals surface area contributed by atoms with E-state index >= 15 is 0 Å². The molecule has 0 bridgehead atoms. The number of rotatable bonds is 4. The van der Waals surface area contributed by atoms with Crippen molar-refractivity contribution in [2.75, 3.05) is 13.4 Å². The standard InChI is InChI=1S/C16H18O3S/c1-19-15(18)14(17)16(20-2)10-8-13(9-11-16)12-6-4-3-5-7-12/h3-10,14,17H,11H2,1-2H3. The summed E-state index contributed by atoms with van der Waals surface area (Å²) >= 11 is 1.46. The highest BCUT2D eigenvalue weighted by Crippen LogP contribution is 2.38. The van der Waals surface area contributed by atoms with Gasteiger partial charge in [-0.1, -0.05) is 48.6 Å². The Balaban J connectivity index is 2.22. The van der Waals surface area contributed by atoms with Crippen molar-refractivity contribution in [2.45, 2.75) is 17.3 Å². The van der Waals surface area contributed by atoms with Gasteiger partial charge in [0.1, 0.15) is 0 Å². The van der Waals surface area contributed by atoms with Gasteiger partial charge in [0.15, 0.2) is 6.10 Å². The molecule has 3 nitrogen and oxygen atoms in total. The summed E-state index contributed by atoms with van der Waals surface area (Å²) in [5.74, 6) is -0.597. The lowest BCUT2D eigenvalue weighted by Crippen LogP contribution is -2.44. The van der Waals surface area contributed by atoms with Crippen LogP contribution in [-0.2, 0) is 9.53 Å². The molecule has 4 heteroatoms. The summed E-state index contributed by atoms with van der Waals surface area (Å²) in [5.41, 5.74) is 2.23. The van der Waals surface area contributed by atoms with Crippen LogP contribution in [0.1, 0.15) is 12.0 Å². The molecule has 0 aromatic heterocycles. The van der Waals surface area contributed by atoms with Crippen LogP contribution in [0.2, 0.25) is 0 Å². The van der Waals surface area contributed by atoms with E-state index in [9.17, 15) is 9.90 Å². The SMILES string of the molecule is COC(=O)C(O)C1(SC)C=CC(c2ccccc2)=CC1. The first-order valence-electron chi connectivity index (χ1n) is 6.39. The molecule has 1 aliphatic rings. The first-order chi connectivity index (χ1) is 9.63. The zero-order valence-electron chi connectivity index (χ0n) is 11.6. The Kier molecular flexibility index (Phi) is 4.68. The van der Waals surface area contributed by atoms with Gasteiger partial charge in [0.25, 0.3) is 0 Å². The van der Waals surface area contributed by atoms with E-state index < -0.39 is 16.8 Å². The number of thioether (sulfide) groups is 1. The molecule has 0 saturated carbocycles. The van der Waals surface area contributed by atoms with Gasteiger partial charge in [-0.05, 0) is 23.8 Å². The van der Waals surface area contributed by atoms with Crippen LogP contribution in [0.4, 0.5) is 0 Å². The average Bonchev–Trinajstić information content (AvgIpc) is 2.54. The van der Waals surface area contributed by atoms with Gasteiger partial charge in [-0.15, -0.1) is 0 Å². The number of aliphatic hydroxyl groups excluding tert-OH is 1.